The molecule has 23 heavy (non-hydrogen) atoms. The van der Waals surface area contributed by atoms with Gasteiger partial charge in [-0.15, -0.1) is 0 Å². The van der Waals surface area contributed by atoms with Crippen LogP contribution < -0.4 is 11.1 Å². The summed E-state index contributed by atoms with van der Waals surface area (Å²) in [5.74, 6) is -1.17. The Morgan fingerprint density at radius 1 is 1.39 bits per heavy atom. The Bertz CT molecular complexity index is 438. The molecule has 1 rings (SSSR count). The average molecular weight is 330 g/mol. The van der Waals surface area contributed by atoms with Gasteiger partial charge in [-0.25, -0.2) is 9.18 Å². The molecule has 0 bridgehead atoms. The number of nitrogens with two attached hydrogens (primary N) is 1. The summed E-state index contributed by atoms with van der Waals surface area (Å²) in [5, 5.41) is 2.55. The minimum atomic E-state index is -1.12. The van der Waals surface area contributed by atoms with E-state index >= 15 is 0 Å². The zero-order valence-corrected chi connectivity index (χ0v) is 14.0. The molecule has 0 radical (unpaired) electrons. The Hall–Kier alpha value is -1.47. The van der Waals surface area contributed by atoms with E-state index < -0.39 is 36.7 Å². The highest BCUT2D eigenvalue weighted by Crippen LogP contribution is 2.24. The molecule has 0 aromatic rings. The van der Waals surface area contributed by atoms with Gasteiger partial charge in [0.2, 0.25) is 0 Å². The number of hydrogen-bond donors (Lipinski definition) is 2. The number of ether oxygens (including phenoxy) is 2. The molecule has 1 aliphatic carbocycles. The van der Waals surface area contributed by atoms with Crippen molar-refractivity contribution in [3.8, 4) is 0 Å². The Morgan fingerprint density at radius 2 is 2.04 bits per heavy atom. The van der Waals surface area contributed by atoms with E-state index in [-0.39, 0.29) is 19.1 Å². The van der Waals surface area contributed by atoms with Crippen LogP contribution in [0.4, 0.5) is 4.39 Å². The molecule has 0 aromatic carbocycles. The summed E-state index contributed by atoms with van der Waals surface area (Å²) in [6.45, 7) is 4.86. The number of esters is 1. The normalized spacial score (nSPS) is 24.3. The molecule has 0 fully saturated rings. The van der Waals surface area contributed by atoms with E-state index in [0.717, 1.165) is 12.8 Å². The van der Waals surface area contributed by atoms with Crippen molar-refractivity contribution in [2.45, 2.75) is 64.3 Å². The molecule has 1 aliphatic rings. The standard InChI is InChI=1S/C16H27FN2O4/c1-4-11(5-2)23-13-8-10(16(21)22-6-3)7-12(18)15(13)19-14(20)9-17/h8,11-13,15H,4-7,9,18H2,1-3H3,(H,19,20). The second-order valence-corrected chi connectivity index (χ2v) is 5.55. The van der Waals surface area contributed by atoms with Crippen LogP contribution in [0.25, 0.3) is 0 Å². The summed E-state index contributed by atoms with van der Waals surface area (Å²) in [6.07, 6.45) is 2.85. The van der Waals surface area contributed by atoms with Crippen molar-refractivity contribution >= 4 is 11.9 Å². The number of rotatable bonds is 8. The smallest absolute Gasteiger partial charge is 0.333 e. The van der Waals surface area contributed by atoms with Gasteiger partial charge in [-0.05, 0) is 32.3 Å². The van der Waals surface area contributed by atoms with Gasteiger partial charge in [0.1, 0.15) is 0 Å². The van der Waals surface area contributed by atoms with Crippen molar-refractivity contribution in [1.29, 1.82) is 0 Å². The first-order valence-electron chi connectivity index (χ1n) is 8.10. The van der Waals surface area contributed by atoms with Crippen LogP contribution in [0.3, 0.4) is 0 Å². The molecule has 0 saturated carbocycles. The van der Waals surface area contributed by atoms with Gasteiger partial charge >= 0.3 is 5.97 Å². The van der Waals surface area contributed by atoms with Gasteiger partial charge in [-0.1, -0.05) is 13.8 Å². The molecule has 3 atom stereocenters. The Labute approximate surface area is 136 Å². The number of amides is 1. The van der Waals surface area contributed by atoms with Gasteiger partial charge in [0.15, 0.2) is 6.67 Å². The van der Waals surface area contributed by atoms with Gasteiger partial charge in [0.25, 0.3) is 5.91 Å². The topological polar surface area (TPSA) is 90.6 Å². The van der Waals surface area contributed by atoms with Crippen LogP contribution >= 0.6 is 0 Å². The van der Waals surface area contributed by atoms with Crippen LogP contribution in [0.15, 0.2) is 11.6 Å². The largest absolute Gasteiger partial charge is 0.463 e. The zero-order valence-electron chi connectivity index (χ0n) is 14.0. The quantitative estimate of drug-likeness (QED) is 0.653. The molecule has 3 unspecified atom stereocenters. The summed E-state index contributed by atoms with van der Waals surface area (Å²) in [5.41, 5.74) is 6.52. The Morgan fingerprint density at radius 3 is 2.57 bits per heavy atom. The Balaban J connectivity index is 2.99. The van der Waals surface area contributed by atoms with Crippen molar-refractivity contribution in [3.05, 3.63) is 11.6 Å². The molecular weight excluding hydrogens is 303 g/mol. The van der Waals surface area contributed by atoms with Crippen LogP contribution in [0.2, 0.25) is 0 Å². The van der Waals surface area contributed by atoms with Crippen LogP contribution in [-0.2, 0) is 19.1 Å². The van der Waals surface area contributed by atoms with E-state index in [2.05, 4.69) is 5.32 Å². The monoisotopic (exact) mass is 330 g/mol. The summed E-state index contributed by atoms with van der Waals surface area (Å²) in [7, 11) is 0. The molecule has 0 aromatic heterocycles. The van der Waals surface area contributed by atoms with Crippen molar-refractivity contribution in [2.24, 2.45) is 5.73 Å². The predicted molar refractivity (Wildman–Crippen MR) is 84.5 cm³/mol. The molecule has 0 spiro atoms. The summed E-state index contributed by atoms with van der Waals surface area (Å²) in [4.78, 5) is 23.4. The highest BCUT2D eigenvalue weighted by Gasteiger charge is 2.36. The first-order valence-corrected chi connectivity index (χ1v) is 8.10. The highest BCUT2D eigenvalue weighted by molar-refractivity contribution is 5.89. The van der Waals surface area contributed by atoms with E-state index in [0.29, 0.717) is 5.57 Å². The van der Waals surface area contributed by atoms with Crippen LogP contribution in [0, 0.1) is 0 Å². The number of halogens is 1. The molecule has 132 valence electrons. The summed E-state index contributed by atoms with van der Waals surface area (Å²) < 4.78 is 23.5. The van der Waals surface area contributed by atoms with E-state index in [4.69, 9.17) is 15.2 Å². The molecule has 0 saturated heterocycles. The van der Waals surface area contributed by atoms with Crippen LogP contribution in [0.5, 0.6) is 0 Å². The van der Waals surface area contributed by atoms with Gasteiger partial charge in [-0.3, -0.25) is 4.79 Å². The lowest BCUT2D eigenvalue weighted by atomic mass is 9.88. The fourth-order valence-electron chi connectivity index (χ4n) is 2.61. The second-order valence-electron chi connectivity index (χ2n) is 5.55. The molecule has 6 nitrogen and oxygen atoms in total. The van der Waals surface area contributed by atoms with Crippen molar-refractivity contribution in [2.75, 3.05) is 13.3 Å². The number of carbonyl (C=O) groups excluding carboxylic acids is 2. The third kappa shape index (κ3) is 5.58. The first kappa shape index (κ1) is 19.6. The number of hydrogen-bond acceptors (Lipinski definition) is 5. The first-order chi connectivity index (χ1) is 11.0. The minimum absolute atomic E-state index is 0.0326. The molecular formula is C16H27FN2O4. The summed E-state index contributed by atoms with van der Waals surface area (Å²) in [6, 6.07) is -1.12. The van der Waals surface area contributed by atoms with Gasteiger partial charge < -0.3 is 20.5 Å². The van der Waals surface area contributed by atoms with Gasteiger partial charge in [-0.2, -0.15) is 0 Å². The zero-order chi connectivity index (χ0) is 17.4. The fourth-order valence-corrected chi connectivity index (χ4v) is 2.61. The average Bonchev–Trinajstić information content (AvgIpc) is 2.54. The minimum Gasteiger partial charge on any atom is -0.463 e. The molecule has 3 N–H and O–H groups in total. The molecule has 0 heterocycles. The van der Waals surface area contributed by atoms with Gasteiger partial charge in [0, 0.05) is 11.6 Å². The van der Waals surface area contributed by atoms with E-state index in [9.17, 15) is 14.0 Å². The van der Waals surface area contributed by atoms with Crippen molar-refractivity contribution < 1.29 is 23.5 Å². The van der Waals surface area contributed by atoms with Crippen LogP contribution in [-0.4, -0.2) is 49.4 Å². The van der Waals surface area contributed by atoms with Gasteiger partial charge in [0.05, 0.1) is 24.9 Å². The molecule has 0 aliphatic heterocycles. The lowest BCUT2D eigenvalue weighted by molar-refractivity contribution is -0.139. The Kier molecular flexibility index (Phi) is 8.19. The number of carbonyl (C=O) groups is 2. The van der Waals surface area contributed by atoms with Crippen LogP contribution in [0.1, 0.15) is 40.0 Å². The second kappa shape index (κ2) is 9.62. The summed E-state index contributed by atoms with van der Waals surface area (Å²) >= 11 is 0. The molecule has 1 amide bonds. The lowest BCUT2D eigenvalue weighted by Gasteiger charge is -2.36. The predicted octanol–water partition coefficient (Wildman–Crippen LogP) is 1.23. The highest BCUT2D eigenvalue weighted by atomic mass is 19.1. The van der Waals surface area contributed by atoms with E-state index in [1.165, 1.54) is 0 Å². The van der Waals surface area contributed by atoms with E-state index in [1.807, 2.05) is 13.8 Å². The number of nitrogens with one attached hydrogen (secondary N) is 1. The third-order valence-electron chi connectivity index (χ3n) is 3.88. The number of alkyl halides is 1. The maximum atomic E-state index is 12.5. The van der Waals surface area contributed by atoms with E-state index in [1.54, 1.807) is 13.0 Å². The van der Waals surface area contributed by atoms with Crippen molar-refractivity contribution in [3.63, 3.8) is 0 Å². The maximum absolute atomic E-state index is 12.5. The molecule has 7 heteroatoms. The third-order valence-corrected chi connectivity index (χ3v) is 3.88. The fraction of sp³-hybridized carbons (Fsp3) is 0.750. The lowest BCUT2D eigenvalue weighted by Crippen LogP contribution is -2.57. The maximum Gasteiger partial charge on any atom is 0.333 e. The SMILES string of the molecule is CCOC(=O)C1=CC(OC(CC)CC)C(NC(=O)CF)C(N)C1. The van der Waals surface area contributed by atoms with Crippen molar-refractivity contribution in [1.82, 2.24) is 5.32 Å².